The van der Waals surface area contributed by atoms with E-state index in [0.717, 1.165) is 6.07 Å². The minimum Gasteiger partial charge on any atom is -0.493 e. The van der Waals surface area contributed by atoms with Crippen molar-refractivity contribution in [3.8, 4) is 17.3 Å². The zero-order valence-corrected chi connectivity index (χ0v) is 10.7. The van der Waals surface area contributed by atoms with Crippen molar-refractivity contribution in [1.82, 2.24) is 9.36 Å². The van der Waals surface area contributed by atoms with E-state index in [1.807, 2.05) is 0 Å². The molecule has 3 aromatic rings. The smallest absolute Gasteiger partial charge is 0.275 e. The first kappa shape index (κ1) is 13.1. The second kappa shape index (κ2) is 4.90. The zero-order chi connectivity index (χ0) is 15.0. The minimum atomic E-state index is -0.483. The van der Waals surface area contributed by atoms with Gasteiger partial charge in [0, 0.05) is 0 Å². The molecule has 4 nitrogen and oxygen atoms in total. The van der Waals surface area contributed by atoms with Crippen LogP contribution >= 0.6 is 0 Å². The molecule has 0 radical (unpaired) electrons. The van der Waals surface area contributed by atoms with Gasteiger partial charge in [-0.1, -0.05) is 0 Å². The number of aromatic hydroxyl groups is 1. The van der Waals surface area contributed by atoms with Crippen LogP contribution in [0.2, 0.25) is 0 Å². The highest BCUT2D eigenvalue weighted by molar-refractivity contribution is 5.40. The first-order valence-electron chi connectivity index (χ1n) is 6.12. The summed E-state index contributed by atoms with van der Waals surface area (Å²) >= 11 is 0. The van der Waals surface area contributed by atoms with E-state index < -0.39 is 17.2 Å². The molecule has 1 heterocycles. The Morgan fingerprint density at radius 2 is 1.19 bits per heavy atom. The van der Waals surface area contributed by atoms with Crippen molar-refractivity contribution in [2.45, 2.75) is 0 Å². The first-order valence-corrected chi connectivity index (χ1v) is 6.12. The van der Waals surface area contributed by atoms with Crippen molar-refractivity contribution in [2.75, 3.05) is 0 Å². The minimum absolute atomic E-state index is 0.295. The van der Waals surface area contributed by atoms with Gasteiger partial charge in [-0.3, -0.25) is 4.79 Å². The third kappa shape index (κ3) is 2.31. The standard InChI is InChI=1S/C15H10F2N2O2/c16-10-1-5-12(6-2-10)18-14(20)9-15(21)19(18)13-7-3-11(17)4-8-13/h1-9,20H. The fraction of sp³-hybridized carbons (Fsp3) is 0. The number of aromatic nitrogens is 2. The second-order valence-corrected chi connectivity index (χ2v) is 4.42. The fourth-order valence-corrected chi connectivity index (χ4v) is 2.09. The van der Waals surface area contributed by atoms with Gasteiger partial charge in [-0.2, -0.15) is 0 Å². The topological polar surface area (TPSA) is 47.2 Å². The van der Waals surface area contributed by atoms with Crippen LogP contribution < -0.4 is 5.56 Å². The lowest BCUT2D eigenvalue weighted by molar-refractivity contribution is 0.425. The molecule has 0 aliphatic carbocycles. The van der Waals surface area contributed by atoms with Crippen LogP contribution in [-0.4, -0.2) is 14.5 Å². The molecule has 3 rings (SSSR count). The first-order chi connectivity index (χ1) is 10.1. The summed E-state index contributed by atoms with van der Waals surface area (Å²) in [6, 6.07) is 11.6. The van der Waals surface area contributed by atoms with E-state index in [2.05, 4.69) is 0 Å². The van der Waals surface area contributed by atoms with Crippen LogP contribution in [0.1, 0.15) is 0 Å². The Kier molecular flexibility index (Phi) is 3.06. The summed E-state index contributed by atoms with van der Waals surface area (Å²) in [4.78, 5) is 12.0. The van der Waals surface area contributed by atoms with Crippen molar-refractivity contribution in [1.29, 1.82) is 0 Å². The Morgan fingerprint density at radius 3 is 1.67 bits per heavy atom. The molecule has 0 aliphatic rings. The van der Waals surface area contributed by atoms with E-state index in [9.17, 15) is 18.7 Å². The largest absolute Gasteiger partial charge is 0.493 e. The lowest BCUT2D eigenvalue weighted by atomic mass is 10.3. The van der Waals surface area contributed by atoms with Crippen LogP contribution in [0.5, 0.6) is 5.88 Å². The van der Waals surface area contributed by atoms with Gasteiger partial charge in [-0.25, -0.2) is 18.1 Å². The fourth-order valence-electron chi connectivity index (χ4n) is 2.09. The third-order valence-corrected chi connectivity index (χ3v) is 3.02. The predicted octanol–water partition coefficient (Wildman–Crippen LogP) is 2.61. The lowest BCUT2D eigenvalue weighted by Gasteiger charge is -2.12. The number of halogens is 2. The van der Waals surface area contributed by atoms with E-state index in [-0.39, 0.29) is 5.88 Å². The van der Waals surface area contributed by atoms with E-state index in [0.29, 0.717) is 11.4 Å². The summed E-state index contributed by atoms with van der Waals surface area (Å²) in [6.45, 7) is 0. The summed E-state index contributed by atoms with van der Waals surface area (Å²) in [5, 5.41) is 9.93. The van der Waals surface area contributed by atoms with E-state index >= 15 is 0 Å². The molecular weight excluding hydrogens is 278 g/mol. The molecule has 0 fully saturated rings. The Bertz CT molecular complexity index is 834. The van der Waals surface area contributed by atoms with Gasteiger partial charge in [-0.15, -0.1) is 0 Å². The molecule has 0 saturated heterocycles. The summed E-state index contributed by atoms with van der Waals surface area (Å²) in [6.07, 6.45) is 0. The molecule has 6 heteroatoms. The van der Waals surface area contributed by atoms with Crippen molar-refractivity contribution >= 4 is 0 Å². The third-order valence-electron chi connectivity index (χ3n) is 3.02. The van der Waals surface area contributed by atoms with Gasteiger partial charge in [0.25, 0.3) is 5.56 Å². The lowest BCUT2D eigenvalue weighted by Crippen LogP contribution is -2.19. The maximum absolute atomic E-state index is 13.0. The summed E-state index contributed by atoms with van der Waals surface area (Å²) < 4.78 is 28.4. The van der Waals surface area contributed by atoms with E-state index in [1.54, 1.807) is 0 Å². The highest BCUT2D eigenvalue weighted by Gasteiger charge is 2.14. The predicted molar refractivity (Wildman–Crippen MR) is 72.9 cm³/mol. The van der Waals surface area contributed by atoms with Gasteiger partial charge in [0.1, 0.15) is 11.6 Å². The normalized spacial score (nSPS) is 10.8. The number of hydrogen-bond acceptors (Lipinski definition) is 2. The van der Waals surface area contributed by atoms with Crippen LogP contribution in [0.15, 0.2) is 59.4 Å². The summed E-state index contributed by atoms with van der Waals surface area (Å²) in [5.74, 6) is -1.16. The van der Waals surface area contributed by atoms with Crippen LogP contribution in [-0.2, 0) is 0 Å². The summed E-state index contributed by atoms with van der Waals surface area (Å²) in [5.41, 5.74) is 0.301. The van der Waals surface area contributed by atoms with Gasteiger partial charge >= 0.3 is 0 Å². The quantitative estimate of drug-likeness (QED) is 0.788. The van der Waals surface area contributed by atoms with Crippen LogP contribution in [0.3, 0.4) is 0 Å². The summed E-state index contributed by atoms with van der Waals surface area (Å²) in [7, 11) is 0. The van der Waals surface area contributed by atoms with Gasteiger partial charge in [0.05, 0.1) is 17.4 Å². The van der Waals surface area contributed by atoms with Gasteiger partial charge in [0.2, 0.25) is 5.88 Å². The van der Waals surface area contributed by atoms with Gasteiger partial charge in [-0.05, 0) is 48.5 Å². The van der Waals surface area contributed by atoms with Gasteiger partial charge in [0.15, 0.2) is 0 Å². The SMILES string of the molecule is O=c1cc(O)n(-c2ccc(F)cc2)n1-c1ccc(F)cc1. The Balaban J connectivity index is 2.24. The van der Waals surface area contributed by atoms with Crippen molar-refractivity contribution < 1.29 is 13.9 Å². The molecule has 0 spiro atoms. The molecule has 1 N–H and O–H groups in total. The second-order valence-electron chi connectivity index (χ2n) is 4.42. The van der Waals surface area contributed by atoms with Crippen molar-refractivity contribution in [2.24, 2.45) is 0 Å². The van der Waals surface area contributed by atoms with Crippen molar-refractivity contribution in [3.05, 3.63) is 76.6 Å². The van der Waals surface area contributed by atoms with Crippen LogP contribution in [0.25, 0.3) is 11.4 Å². The number of nitrogens with zero attached hydrogens (tertiary/aromatic N) is 2. The highest BCUT2D eigenvalue weighted by atomic mass is 19.1. The van der Waals surface area contributed by atoms with Crippen LogP contribution in [0.4, 0.5) is 8.78 Å². The molecule has 0 atom stereocenters. The van der Waals surface area contributed by atoms with Gasteiger partial charge < -0.3 is 5.11 Å². The molecule has 1 aromatic heterocycles. The maximum Gasteiger partial charge on any atom is 0.275 e. The van der Waals surface area contributed by atoms with Crippen molar-refractivity contribution in [3.63, 3.8) is 0 Å². The Morgan fingerprint density at radius 1 is 0.762 bits per heavy atom. The average Bonchev–Trinajstić information content (AvgIpc) is 2.75. The molecule has 2 aromatic carbocycles. The van der Waals surface area contributed by atoms with E-state index in [4.69, 9.17) is 0 Å². The molecule has 0 bridgehead atoms. The maximum atomic E-state index is 13.0. The molecule has 0 amide bonds. The van der Waals surface area contributed by atoms with E-state index in [1.165, 1.54) is 57.9 Å². The zero-order valence-electron chi connectivity index (χ0n) is 10.7. The Labute approximate surface area is 118 Å². The highest BCUT2D eigenvalue weighted by Crippen LogP contribution is 2.19. The number of benzene rings is 2. The molecular formula is C15H10F2N2O2. The average molecular weight is 288 g/mol. The van der Waals surface area contributed by atoms with Crippen LogP contribution in [0, 0.1) is 11.6 Å². The molecule has 0 unspecified atom stereocenters. The monoisotopic (exact) mass is 288 g/mol. The Hall–Kier alpha value is -2.89. The number of hydrogen-bond donors (Lipinski definition) is 1. The number of rotatable bonds is 2. The molecule has 0 saturated carbocycles. The molecule has 106 valence electrons. The molecule has 21 heavy (non-hydrogen) atoms. The molecule has 0 aliphatic heterocycles.